The Hall–Kier alpha value is -2.73. The first-order chi connectivity index (χ1) is 21.0. The Morgan fingerprint density at radius 2 is 1.76 bits per heavy atom. The van der Waals surface area contributed by atoms with Crippen LogP contribution in [0.4, 0.5) is 26.3 Å². The van der Waals surface area contributed by atoms with Gasteiger partial charge >= 0.3 is 6.18 Å². The number of nitrogens with zero attached hydrogens (tertiary/aromatic N) is 3. The molecule has 7 atom stereocenters. The third-order valence-corrected chi connectivity index (χ3v) is 9.63. The quantitative estimate of drug-likeness (QED) is 0.218. The van der Waals surface area contributed by atoms with Gasteiger partial charge in [-0.05, 0) is 37.6 Å². The Labute approximate surface area is 257 Å². The highest BCUT2D eigenvalue weighted by molar-refractivity contribution is 8.00. The zero-order valence-corrected chi connectivity index (χ0v) is 24.8. The fraction of sp³-hybridized carbons (Fsp3) is 0.517. The Morgan fingerprint density at radius 3 is 2.38 bits per heavy atom. The number of halogens is 6. The summed E-state index contributed by atoms with van der Waals surface area (Å²) in [6, 6.07) is 4.66. The van der Waals surface area contributed by atoms with Crippen molar-refractivity contribution >= 4 is 11.8 Å². The summed E-state index contributed by atoms with van der Waals surface area (Å²) in [7, 11) is 0. The molecule has 0 saturated carbocycles. The normalized spacial score (nSPS) is 29.5. The molecule has 0 amide bonds. The molecule has 246 valence electrons. The van der Waals surface area contributed by atoms with Crippen LogP contribution in [0.2, 0.25) is 0 Å². The van der Waals surface area contributed by atoms with E-state index in [2.05, 4.69) is 10.3 Å². The van der Waals surface area contributed by atoms with Crippen molar-refractivity contribution < 1.29 is 56.2 Å². The summed E-state index contributed by atoms with van der Waals surface area (Å²) in [5, 5.41) is 50.8. The standard InChI is InChI=1S/C29H31F6N3O6S/c1-27(2)13-28(42,7-8-43-27)25(15-5-3-4-6-16(15)29(33,34)35)45-26-24(41)22(23(40)20(12-39)44-26)38-11-19(36-37-38)14-9-17(30)21(32)18(31)10-14/h3-6,9-11,20,22-26,39-42H,7-8,12-13H2,1-2H3/t20-,22+,23+,24-,25?,26+,28?/m1/s1. The van der Waals surface area contributed by atoms with E-state index in [4.69, 9.17) is 9.47 Å². The Balaban J connectivity index is 1.53. The topological polar surface area (TPSA) is 130 Å². The molecule has 5 rings (SSSR count). The minimum atomic E-state index is -4.79. The van der Waals surface area contributed by atoms with Crippen LogP contribution in [0.25, 0.3) is 11.3 Å². The molecule has 2 aliphatic rings. The molecule has 2 fully saturated rings. The summed E-state index contributed by atoms with van der Waals surface area (Å²) in [6.45, 7) is 2.65. The average Bonchev–Trinajstić information content (AvgIpc) is 3.44. The number of rotatable bonds is 7. The van der Waals surface area contributed by atoms with Gasteiger partial charge in [0.15, 0.2) is 17.5 Å². The number of aromatic nitrogens is 3. The van der Waals surface area contributed by atoms with Crippen LogP contribution in [0.5, 0.6) is 0 Å². The number of hydrogen-bond donors (Lipinski definition) is 4. The molecular formula is C29H31F6N3O6S. The van der Waals surface area contributed by atoms with Crippen molar-refractivity contribution in [2.24, 2.45) is 0 Å². The van der Waals surface area contributed by atoms with Gasteiger partial charge in [0.05, 0.1) is 41.4 Å². The molecule has 2 aromatic carbocycles. The average molecular weight is 664 g/mol. The molecule has 2 unspecified atom stereocenters. The van der Waals surface area contributed by atoms with Gasteiger partial charge in [0.2, 0.25) is 0 Å². The molecule has 0 aliphatic carbocycles. The van der Waals surface area contributed by atoms with Crippen molar-refractivity contribution in [3.63, 3.8) is 0 Å². The summed E-state index contributed by atoms with van der Waals surface area (Å²) < 4.78 is 96.4. The van der Waals surface area contributed by atoms with Crippen molar-refractivity contribution in [2.75, 3.05) is 13.2 Å². The van der Waals surface area contributed by atoms with Crippen LogP contribution >= 0.6 is 11.8 Å². The van der Waals surface area contributed by atoms with E-state index in [1.165, 1.54) is 18.2 Å². The van der Waals surface area contributed by atoms with Gasteiger partial charge in [0.1, 0.15) is 35.5 Å². The van der Waals surface area contributed by atoms with Gasteiger partial charge in [-0.3, -0.25) is 0 Å². The first-order valence-electron chi connectivity index (χ1n) is 13.9. The summed E-state index contributed by atoms with van der Waals surface area (Å²) in [4.78, 5) is 0. The van der Waals surface area contributed by atoms with Gasteiger partial charge in [-0.2, -0.15) is 13.2 Å². The van der Waals surface area contributed by atoms with Gasteiger partial charge in [-0.25, -0.2) is 17.9 Å². The molecule has 1 aromatic heterocycles. The number of thioether (sulfide) groups is 1. The van der Waals surface area contributed by atoms with E-state index in [-0.39, 0.29) is 36.3 Å². The molecule has 16 heteroatoms. The predicted molar refractivity (Wildman–Crippen MR) is 148 cm³/mol. The lowest BCUT2D eigenvalue weighted by Crippen LogP contribution is -2.56. The number of alkyl halides is 3. The molecular weight excluding hydrogens is 632 g/mol. The van der Waals surface area contributed by atoms with Crippen molar-refractivity contribution in [2.45, 2.75) is 79.1 Å². The van der Waals surface area contributed by atoms with Crippen LogP contribution in [0.15, 0.2) is 42.6 Å². The highest BCUT2D eigenvalue weighted by Crippen LogP contribution is 2.53. The van der Waals surface area contributed by atoms with Gasteiger partial charge in [0.25, 0.3) is 0 Å². The Morgan fingerprint density at radius 1 is 1.09 bits per heavy atom. The van der Waals surface area contributed by atoms with E-state index < -0.39 is 82.0 Å². The molecule has 45 heavy (non-hydrogen) atoms. The SMILES string of the molecule is CC1(C)CC(O)(C(S[C@@H]2O[C@H](CO)[C@H](O)[C@H](n3cc(-c4cc(F)c(F)c(F)c4)nn3)[C@H]2O)c2ccccc2C(F)(F)F)CCO1. The summed E-state index contributed by atoms with van der Waals surface area (Å²) >= 11 is 0.689. The smallest absolute Gasteiger partial charge is 0.394 e. The number of aliphatic hydroxyl groups is 4. The molecule has 4 N–H and O–H groups in total. The molecule has 9 nitrogen and oxygen atoms in total. The monoisotopic (exact) mass is 663 g/mol. The summed E-state index contributed by atoms with van der Waals surface area (Å²) in [5.41, 5.74) is -5.75. The van der Waals surface area contributed by atoms with Crippen LogP contribution < -0.4 is 0 Å². The first kappa shape index (κ1) is 33.6. The summed E-state index contributed by atoms with van der Waals surface area (Å²) in [6.07, 6.45) is -8.51. The third kappa shape index (κ3) is 6.73. The maximum atomic E-state index is 14.2. The predicted octanol–water partition coefficient (Wildman–Crippen LogP) is 4.16. The largest absolute Gasteiger partial charge is 0.416 e. The van der Waals surface area contributed by atoms with E-state index in [1.807, 2.05) is 0 Å². The fourth-order valence-electron chi connectivity index (χ4n) is 5.96. The second-order valence-electron chi connectivity index (χ2n) is 11.8. The van der Waals surface area contributed by atoms with Gasteiger partial charge < -0.3 is 29.9 Å². The third-order valence-electron chi connectivity index (χ3n) is 8.01. The maximum Gasteiger partial charge on any atom is 0.416 e. The van der Waals surface area contributed by atoms with Crippen LogP contribution in [-0.4, -0.2) is 83.6 Å². The second kappa shape index (κ2) is 12.5. The molecule has 2 aliphatic heterocycles. The van der Waals surface area contributed by atoms with Crippen LogP contribution in [0.3, 0.4) is 0 Å². The van der Waals surface area contributed by atoms with Gasteiger partial charge in [-0.1, -0.05) is 23.4 Å². The van der Waals surface area contributed by atoms with E-state index in [1.54, 1.807) is 13.8 Å². The lowest BCUT2D eigenvalue weighted by molar-refractivity contribution is -0.179. The first-order valence-corrected chi connectivity index (χ1v) is 14.9. The van der Waals surface area contributed by atoms with Crippen LogP contribution in [-0.2, 0) is 15.7 Å². The zero-order chi connectivity index (χ0) is 32.9. The molecule has 0 radical (unpaired) electrons. The number of hydrogen-bond acceptors (Lipinski definition) is 9. The molecule has 3 aromatic rings. The number of ether oxygens (including phenoxy) is 2. The van der Waals surface area contributed by atoms with Crippen molar-refractivity contribution in [3.05, 3.63) is 71.2 Å². The van der Waals surface area contributed by atoms with Gasteiger partial charge in [0, 0.05) is 18.4 Å². The molecule has 0 spiro atoms. The maximum absolute atomic E-state index is 14.2. The van der Waals surface area contributed by atoms with E-state index in [9.17, 15) is 46.8 Å². The van der Waals surface area contributed by atoms with Crippen molar-refractivity contribution in [1.82, 2.24) is 15.0 Å². The summed E-state index contributed by atoms with van der Waals surface area (Å²) in [5.74, 6) is -4.66. The zero-order valence-electron chi connectivity index (χ0n) is 24.0. The molecule has 3 heterocycles. The number of benzene rings is 2. The molecule has 2 saturated heterocycles. The van der Waals surface area contributed by atoms with Crippen LogP contribution in [0, 0.1) is 17.5 Å². The Bertz CT molecular complexity index is 1500. The van der Waals surface area contributed by atoms with Crippen molar-refractivity contribution in [3.8, 4) is 11.3 Å². The minimum absolute atomic E-state index is 0.0374. The minimum Gasteiger partial charge on any atom is -0.394 e. The number of aliphatic hydroxyl groups excluding tert-OH is 3. The lowest BCUT2D eigenvalue weighted by Gasteiger charge is -2.48. The van der Waals surface area contributed by atoms with Crippen LogP contribution in [0.1, 0.15) is 49.1 Å². The van der Waals surface area contributed by atoms with E-state index >= 15 is 0 Å². The highest BCUT2D eigenvalue weighted by atomic mass is 32.2. The Kier molecular flexibility index (Phi) is 9.32. The second-order valence-corrected chi connectivity index (χ2v) is 13.0. The highest BCUT2D eigenvalue weighted by Gasteiger charge is 2.53. The lowest BCUT2D eigenvalue weighted by atomic mass is 9.79. The fourth-order valence-corrected chi connectivity index (χ4v) is 7.57. The van der Waals surface area contributed by atoms with E-state index in [0.29, 0.717) is 23.9 Å². The van der Waals surface area contributed by atoms with E-state index in [0.717, 1.165) is 16.9 Å². The van der Waals surface area contributed by atoms with Crippen molar-refractivity contribution in [1.29, 1.82) is 0 Å². The molecule has 0 bridgehead atoms. The van der Waals surface area contributed by atoms with Gasteiger partial charge in [-0.15, -0.1) is 16.9 Å².